The van der Waals surface area contributed by atoms with Gasteiger partial charge in [0, 0.05) is 10.4 Å². The molecule has 0 saturated heterocycles. The number of benzene rings is 1. The SMILES string of the molecule is COc1ccc(-c2nc3c(s2)CCCC3)cc1. The van der Waals surface area contributed by atoms with E-state index in [4.69, 9.17) is 9.72 Å². The van der Waals surface area contributed by atoms with E-state index in [0.29, 0.717) is 0 Å². The Morgan fingerprint density at radius 1 is 1.12 bits per heavy atom. The molecule has 3 heteroatoms. The third-order valence-electron chi connectivity index (χ3n) is 3.18. The van der Waals surface area contributed by atoms with Crippen LogP contribution in [0.25, 0.3) is 10.6 Å². The van der Waals surface area contributed by atoms with Gasteiger partial charge in [0.15, 0.2) is 0 Å². The van der Waals surface area contributed by atoms with E-state index < -0.39 is 0 Å². The summed E-state index contributed by atoms with van der Waals surface area (Å²) in [5.74, 6) is 0.898. The molecule has 0 fully saturated rings. The van der Waals surface area contributed by atoms with Crippen molar-refractivity contribution < 1.29 is 4.74 Å². The van der Waals surface area contributed by atoms with Gasteiger partial charge in [0.25, 0.3) is 0 Å². The smallest absolute Gasteiger partial charge is 0.123 e. The minimum atomic E-state index is 0.898. The summed E-state index contributed by atoms with van der Waals surface area (Å²) in [6.07, 6.45) is 4.97. The molecular formula is C14H15NOS. The summed E-state index contributed by atoms with van der Waals surface area (Å²) in [5.41, 5.74) is 2.53. The average Bonchev–Trinajstić information content (AvgIpc) is 2.82. The Bertz CT molecular complexity index is 492. The van der Waals surface area contributed by atoms with E-state index >= 15 is 0 Å². The third kappa shape index (κ3) is 2.07. The van der Waals surface area contributed by atoms with Crippen molar-refractivity contribution in [3.8, 4) is 16.3 Å². The maximum absolute atomic E-state index is 5.17. The average molecular weight is 245 g/mol. The highest BCUT2D eigenvalue weighted by molar-refractivity contribution is 7.15. The summed E-state index contributed by atoms with van der Waals surface area (Å²) in [4.78, 5) is 6.24. The minimum Gasteiger partial charge on any atom is -0.497 e. The molecule has 1 aliphatic carbocycles. The van der Waals surface area contributed by atoms with Crippen molar-refractivity contribution in [2.45, 2.75) is 25.7 Å². The van der Waals surface area contributed by atoms with Crippen molar-refractivity contribution in [2.75, 3.05) is 7.11 Å². The van der Waals surface area contributed by atoms with Gasteiger partial charge in [0.1, 0.15) is 10.8 Å². The molecule has 1 aromatic heterocycles. The Balaban J connectivity index is 1.94. The lowest BCUT2D eigenvalue weighted by molar-refractivity contribution is 0.415. The molecule has 17 heavy (non-hydrogen) atoms. The highest BCUT2D eigenvalue weighted by Crippen LogP contribution is 2.33. The monoisotopic (exact) mass is 245 g/mol. The second kappa shape index (κ2) is 4.49. The molecule has 0 aliphatic heterocycles. The molecule has 2 aromatic rings. The van der Waals surface area contributed by atoms with Gasteiger partial charge in [-0.3, -0.25) is 0 Å². The zero-order chi connectivity index (χ0) is 11.7. The van der Waals surface area contributed by atoms with Gasteiger partial charge in [0.05, 0.1) is 12.8 Å². The lowest BCUT2D eigenvalue weighted by Crippen LogP contribution is -1.98. The molecular weight excluding hydrogens is 230 g/mol. The van der Waals surface area contributed by atoms with Crippen LogP contribution < -0.4 is 4.74 Å². The van der Waals surface area contributed by atoms with Crippen LogP contribution in [-0.4, -0.2) is 12.1 Å². The van der Waals surface area contributed by atoms with Gasteiger partial charge in [-0.2, -0.15) is 0 Å². The highest BCUT2D eigenvalue weighted by atomic mass is 32.1. The predicted molar refractivity (Wildman–Crippen MR) is 70.7 cm³/mol. The van der Waals surface area contributed by atoms with Crippen molar-refractivity contribution in [1.29, 1.82) is 0 Å². The summed E-state index contributed by atoms with van der Waals surface area (Å²) >= 11 is 1.85. The largest absolute Gasteiger partial charge is 0.497 e. The van der Waals surface area contributed by atoms with Crippen LogP contribution in [0.4, 0.5) is 0 Å². The van der Waals surface area contributed by atoms with Crippen molar-refractivity contribution in [1.82, 2.24) is 4.98 Å². The van der Waals surface area contributed by atoms with Crippen molar-refractivity contribution in [3.63, 3.8) is 0 Å². The number of thiazole rings is 1. The fourth-order valence-corrected chi connectivity index (χ4v) is 3.36. The molecule has 3 rings (SSSR count). The van der Waals surface area contributed by atoms with Crippen LogP contribution >= 0.6 is 11.3 Å². The lowest BCUT2D eigenvalue weighted by Gasteiger charge is -2.06. The van der Waals surface area contributed by atoms with E-state index in [9.17, 15) is 0 Å². The van der Waals surface area contributed by atoms with Crippen LogP contribution in [-0.2, 0) is 12.8 Å². The first-order chi connectivity index (χ1) is 8.36. The second-order valence-electron chi connectivity index (χ2n) is 4.32. The molecule has 88 valence electrons. The van der Waals surface area contributed by atoms with E-state index in [1.165, 1.54) is 35.4 Å². The van der Waals surface area contributed by atoms with Crippen LogP contribution in [0.15, 0.2) is 24.3 Å². The Morgan fingerprint density at radius 2 is 1.88 bits per heavy atom. The lowest BCUT2D eigenvalue weighted by atomic mass is 10.0. The first-order valence-corrected chi connectivity index (χ1v) is 6.81. The number of nitrogens with zero attached hydrogens (tertiary/aromatic N) is 1. The van der Waals surface area contributed by atoms with Crippen LogP contribution in [0.1, 0.15) is 23.4 Å². The number of methoxy groups -OCH3 is 1. The zero-order valence-corrected chi connectivity index (χ0v) is 10.7. The first kappa shape index (κ1) is 10.8. The Kier molecular flexibility index (Phi) is 2.85. The van der Waals surface area contributed by atoms with Gasteiger partial charge < -0.3 is 4.74 Å². The molecule has 0 atom stereocenters. The van der Waals surface area contributed by atoms with Gasteiger partial charge in [-0.15, -0.1) is 11.3 Å². The minimum absolute atomic E-state index is 0.898. The molecule has 0 amide bonds. The molecule has 0 bridgehead atoms. The summed E-state index contributed by atoms with van der Waals surface area (Å²) in [6, 6.07) is 8.16. The maximum Gasteiger partial charge on any atom is 0.123 e. The highest BCUT2D eigenvalue weighted by Gasteiger charge is 2.15. The Morgan fingerprint density at radius 3 is 2.59 bits per heavy atom. The van der Waals surface area contributed by atoms with Gasteiger partial charge in [-0.25, -0.2) is 4.98 Å². The number of hydrogen-bond acceptors (Lipinski definition) is 3. The normalized spacial score (nSPS) is 14.4. The third-order valence-corrected chi connectivity index (χ3v) is 4.39. The van der Waals surface area contributed by atoms with Gasteiger partial charge in [0.2, 0.25) is 0 Å². The Labute approximate surface area is 105 Å². The van der Waals surface area contributed by atoms with Gasteiger partial charge in [-0.1, -0.05) is 0 Å². The van der Waals surface area contributed by atoms with Gasteiger partial charge >= 0.3 is 0 Å². The van der Waals surface area contributed by atoms with Crippen molar-refractivity contribution >= 4 is 11.3 Å². The molecule has 2 nitrogen and oxygen atoms in total. The molecule has 0 spiro atoms. The topological polar surface area (TPSA) is 22.1 Å². The predicted octanol–water partition coefficient (Wildman–Crippen LogP) is 3.70. The maximum atomic E-state index is 5.17. The second-order valence-corrected chi connectivity index (χ2v) is 5.41. The number of hydrogen-bond donors (Lipinski definition) is 0. The standard InChI is InChI=1S/C14H15NOS/c1-16-11-8-6-10(7-9-11)14-15-12-4-2-3-5-13(12)17-14/h6-9H,2-5H2,1H3. The quantitative estimate of drug-likeness (QED) is 0.805. The molecule has 1 aromatic carbocycles. The van der Waals surface area contributed by atoms with E-state index in [2.05, 4.69) is 12.1 Å². The summed E-state index contributed by atoms with van der Waals surface area (Å²) in [6.45, 7) is 0. The molecule has 0 radical (unpaired) electrons. The van der Waals surface area contributed by atoms with E-state index in [1.807, 2.05) is 23.5 Å². The first-order valence-electron chi connectivity index (χ1n) is 6.00. The molecule has 0 N–H and O–H groups in total. The Hall–Kier alpha value is -1.35. The van der Waals surface area contributed by atoms with Crippen LogP contribution in [0.2, 0.25) is 0 Å². The molecule has 1 aliphatic rings. The molecule has 0 saturated carbocycles. The molecule has 0 unspecified atom stereocenters. The molecule has 1 heterocycles. The fourth-order valence-electron chi connectivity index (χ4n) is 2.21. The summed E-state index contributed by atoms with van der Waals surface area (Å²) in [7, 11) is 1.69. The number of rotatable bonds is 2. The van der Waals surface area contributed by atoms with Gasteiger partial charge in [-0.05, 0) is 49.9 Å². The van der Waals surface area contributed by atoms with Crippen LogP contribution in [0.3, 0.4) is 0 Å². The zero-order valence-electron chi connectivity index (χ0n) is 9.90. The summed E-state index contributed by atoms with van der Waals surface area (Å²) in [5, 5.41) is 1.15. The number of fused-ring (bicyclic) bond motifs is 1. The van der Waals surface area contributed by atoms with Crippen molar-refractivity contribution in [2.24, 2.45) is 0 Å². The summed E-state index contributed by atoms with van der Waals surface area (Å²) < 4.78 is 5.17. The van der Waals surface area contributed by atoms with E-state index in [0.717, 1.165) is 17.2 Å². The van der Waals surface area contributed by atoms with E-state index in [1.54, 1.807) is 7.11 Å². The number of ether oxygens (including phenoxy) is 1. The van der Waals surface area contributed by atoms with Crippen molar-refractivity contribution in [3.05, 3.63) is 34.8 Å². The van der Waals surface area contributed by atoms with Crippen LogP contribution in [0, 0.1) is 0 Å². The number of aryl methyl sites for hydroxylation is 2. The van der Waals surface area contributed by atoms with Crippen LogP contribution in [0.5, 0.6) is 5.75 Å². The number of aromatic nitrogens is 1. The van der Waals surface area contributed by atoms with E-state index in [-0.39, 0.29) is 0 Å². The fraction of sp³-hybridized carbons (Fsp3) is 0.357.